The second-order valence-electron chi connectivity index (χ2n) is 3.72. The van der Waals surface area contributed by atoms with Gasteiger partial charge >= 0.3 is 0 Å². The summed E-state index contributed by atoms with van der Waals surface area (Å²) in [6.07, 6.45) is 4.63. The molecule has 1 aromatic carbocycles. The van der Waals surface area contributed by atoms with Crippen molar-refractivity contribution in [2.75, 3.05) is 12.3 Å². The lowest BCUT2D eigenvalue weighted by atomic mass is 10.2. The van der Waals surface area contributed by atoms with Crippen molar-refractivity contribution in [2.24, 2.45) is 0 Å². The van der Waals surface area contributed by atoms with Gasteiger partial charge in [-0.1, -0.05) is 49.4 Å². The number of halogens is 2. The molecule has 0 unspecified atom stereocenters. The lowest BCUT2D eigenvalue weighted by molar-refractivity contribution is 0.307. The summed E-state index contributed by atoms with van der Waals surface area (Å²) in [5, 5.41) is 1.00. The maximum absolute atomic E-state index is 5.99. The number of unbranched alkanes of at least 4 members (excludes halogenated alkanes) is 3. The molecule has 0 aliphatic heterocycles. The number of ether oxygens (including phenoxy) is 1. The van der Waals surface area contributed by atoms with E-state index in [2.05, 4.69) is 6.92 Å². The lowest BCUT2D eigenvalue weighted by Gasteiger charge is -2.10. The van der Waals surface area contributed by atoms with Crippen LogP contribution in [0, 0.1) is 0 Å². The third kappa shape index (κ3) is 4.11. The Kier molecular flexibility index (Phi) is 5.78. The summed E-state index contributed by atoms with van der Waals surface area (Å²) < 4.78 is 5.55. The van der Waals surface area contributed by atoms with Crippen molar-refractivity contribution < 1.29 is 4.74 Å². The van der Waals surface area contributed by atoms with E-state index in [1.807, 2.05) is 0 Å². The summed E-state index contributed by atoms with van der Waals surface area (Å²) in [5.74, 6) is 0.544. The van der Waals surface area contributed by atoms with Crippen LogP contribution in [0.5, 0.6) is 5.75 Å². The van der Waals surface area contributed by atoms with Gasteiger partial charge in [0.2, 0.25) is 0 Å². The summed E-state index contributed by atoms with van der Waals surface area (Å²) in [6, 6.07) is 3.29. The molecule has 0 bridgehead atoms. The van der Waals surface area contributed by atoms with Crippen LogP contribution in [0.25, 0.3) is 0 Å². The van der Waals surface area contributed by atoms with Crippen LogP contribution in [-0.2, 0) is 0 Å². The molecule has 0 radical (unpaired) electrons. The van der Waals surface area contributed by atoms with Crippen molar-refractivity contribution >= 4 is 28.9 Å². The highest BCUT2D eigenvalue weighted by atomic mass is 35.5. The second kappa shape index (κ2) is 6.87. The number of benzene rings is 1. The SMILES string of the molecule is CCCCCCOc1c(N)cc(Cl)cc1Cl. The van der Waals surface area contributed by atoms with E-state index in [0.29, 0.717) is 28.1 Å². The van der Waals surface area contributed by atoms with Crippen molar-refractivity contribution in [1.82, 2.24) is 0 Å². The molecule has 0 fully saturated rings. The minimum absolute atomic E-state index is 0.473. The maximum atomic E-state index is 5.99. The number of anilines is 1. The molecule has 0 heterocycles. The fourth-order valence-electron chi connectivity index (χ4n) is 1.44. The number of rotatable bonds is 6. The third-order valence-corrected chi connectivity index (χ3v) is 2.78. The molecule has 90 valence electrons. The van der Waals surface area contributed by atoms with Crippen molar-refractivity contribution in [3.63, 3.8) is 0 Å². The first kappa shape index (κ1) is 13.5. The fraction of sp³-hybridized carbons (Fsp3) is 0.500. The zero-order valence-electron chi connectivity index (χ0n) is 9.43. The van der Waals surface area contributed by atoms with Crippen LogP contribution >= 0.6 is 23.2 Å². The van der Waals surface area contributed by atoms with E-state index >= 15 is 0 Å². The Bertz CT molecular complexity index is 319. The Morgan fingerprint density at radius 3 is 2.56 bits per heavy atom. The highest BCUT2D eigenvalue weighted by molar-refractivity contribution is 6.36. The van der Waals surface area contributed by atoms with E-state index in [9.17, 15) is 0 Å². The zero-order chi connectivity index (χ0) is 12.0. The normalized spacial score (nSPS) is 10.4. The molecule has 2 nitrogen and oxygen atoms in total. The van der Waals surface area contributed by atoms with E-state index in [4.69, 9.17) is 33.7 Å². The summed E-state index contributed by atoms with van der Waals surface area (Å²) in [5.41, 5.74) is 6.26. The molecule has 1 aromatic rings. The summed E-state index contributed by atoms with van der Waals surface area (Å²) in [7, 11) is 0. The zero-order valence-corrected chi connectivity index (χ0v) is 10.9. The van der Waals surface area contributed by atoms with E-state index in [-0.39, 0.29) is 0 Å². The number of nitrogen functional groups attached to an aromatic ring is 1. The number of nitrogens with two attached hydrogens (primary N) is 1. The standard InChI is InChI=1S/C12H17Cl2NO/c1-2-3-4-5-6-16-12-10(14)7-9(13)8-11(12)15/h7-8H,2-6,15H2,1H3. The molecule has 2 N–H and O–H groups in total. The van der Waals surface area contributed by atoms with Crippen LogP contribution in [0.1, 0.15) is 32.6 Å². The van der Waals surface area contributed by atoms with Crippen molar-refractivity contribution in [3.05, 3.63) is 22.2 Å². The minimum atomic E-state index is 0.473. The summed E-state index contributed by atoms with van der Waals surface area (Å²) in [6.45, 7) is 2.82. The summed E-state index contributed by atoms with van der Waals surface area (Å²) >= 11 is 11.8. The molecule has 0 saturated heterocycles. The first-order chi connectivity index (χ1) is 7.65. The van der Waals surface area contributed by atoms with Gasteiger partial charge in [0.15, 0.2) is 5.75 Å². The molecule has 16 heavy (non-hydrogen) atoms. The molecular weight excluding hydrogens is 245 g/mol. The Morgan fingerprint density at radius 2 is 1.94 bits per heavy atom. The van der Waals surface area contributed by atoms with Gasteiger partial charge in [-0.05, 0) is 18.6 Å². The number of hydrogen-bond acceptors (Lipinski definition) is 2. The molecule has 0 amide bonds. The molecule has 0 spiro atoms. The van der Waals surface area contributed by atoms with Gasteiger partial charge in [0.05, 0.1) is 17.3 Å². The minimum Gasteiger partial charge on any atom is -0.490 e. The van der Waals surface area contributed by atoms with Gasteiger partial charge in [-0.25, -0.2) is 0 Å². The van der Waals surface area contributed by atoms with Crippen LogP contribution in [0.3, 0.4) is 0 Å². The Hall–Kier alpha value is -0.600. The van der Waals surface area contributed by atoms with Crippen molar-refractivity contribution in [1.29, 1.82) is 0 Å². The van der Waals surface area contributed by atoms with Crippen LogP contribution in [-0.4, -0.2) is 6.61 Å². The van der Waals surface area contributed by atoms with Gasteiger partial charge < -0.3 is 10.5 Å². The Balaban J connectivity index is 2.47. The molecule has 1 rings (SSSR count). The van der Waals surface area contributed by atoms with Crippen LogP contribution in [0.4, 0.5) is 5.69 Å². The third-order valence-electron chi connectivity index (χ3n) is 2.28. The molecule has 0 aliphatic rings. The van der Waals surface area contributed by atoms with Gasteiger partial charge in [-0.3, -0.25) is 0 Å². The first-order valence-corrected chi connectivity index (χ1v) is 6.28. The van der Waals surface area contributed by atoms with Gasteiger partial charge in [-0.2, -0.15) is 0 Å². The largest absolute Gasteiger partial charge is 0.490 e. The second-order valence-corrected chi connectivity index (χ2v) is 4.56. The van der Waals surface area contributed by atoms with E-state index in [1.165, 1.54) is 19.3 Å². The summed E-state index contributed by atoms with van der Waals surface area (Å²) in [4.78, 5) is 0. The molecule has 0 aromatic heterocycles. The molecular formula is C12H17Cl2NO. The smallest absolute Gasteiger partial charge is 0.160 e. The van der Waals surface area contributed by atoms with Crippen molar-refractivity contribution in [3.8, 4) is 5.75 Å². The highest BCUT2D eigenvalue weighted by Gasteiger charge is 2.07. The van der Waals surface area contributed by atoms with Crippen LogP contribution in [0.2, 0.25) is 10.0 Å². The van der Waals surface area contributed by atoms with Gasteiger partial charge in [0.1, 0.15) is 0 Å². The quantitative estimate of drug-likeness (QED) is 0.603. The van der Waals surface area contributed by atoms with E-state index in [0.717, 1.165) is 6.42 Å². The van der Waals surface area contributed by atoms with Gasteiger partial charge in [0.25, 0.3) is 0 Å². The Labute approximate surface area is 107 Å². The predicted molar refractivity (Wildman–Crippen MR) is 70.5 cm³/mol. The molecule has 4 heteroatoms. The lowest BCUT2D eigenvalue weighted by Crippen LogP contribution is -2.01. The van der Waals surface area contributed by atoms with E-state index in [1.54, 1.807) is 12.1 Å². The maximum Gasteiger partial charge on any atom is 0.160 e. The highest BCUT2D eigenvalue weighted by Crippen LogP contribution is 2.34. The first-order valence-electron chi connectivity index (χ1n) is 5.52. The fourth-order valence-corrected chi connectivity index (χ4v) is 2.00. The average Bonchev–Trinajstić information content (AvgIpc) is 2.20. The predicted octanol–water partition coefficient (Wildman–Crippen LogP) is 4.53. The molecule has 0 aliphatic carbocycles. The van der Waals surface area contributed by atoms with Gasteiger partial charge in [-0.15, -0.1) is 0 Å². The molecule has 0 atom stereocenters. The van der Waals surface area contributed by atoms with Crippen LogP contribution in [0.15, 0.2) is 12.1 Å². The van der Waals surface area contributed by atoms with E-state index < -0.39 is 0 Å². The van der Waals surface area contributed by atoms with Crippen molar-refractivity contribution in [2.45, 2.75) is 32.6 Å². The Morgan fingerprint density at radius 1 is 1.19 bits per heavy atom. The number of hydrogen-bond donors (Lipinski definition) is 1. The topological polar surface area (TPSA) is 35.2 Å². The van der Waals surface area contributed by atoms with Crippen LogP contribution < -0.4 is 10.5 Å². The molecule has 0 saturated carbocycles. The average molecular weight is 262 g/mol. The monoisotopic (exact) mass is 261 g/mol. The van der Waals surface area contributed by atoms with Gasteiger partial charge in [0, 0.05) is 5.02 Å².